The van der Waals surface area contributed by atoms with Gasteiger partial charge in [0.2, 0.25) is 5.03 Å². The van der Waals surface area contributed by atoms with Crippen molar-refractivity contribution in [1.29, 1.82) is 0 Å². The molecule has 1 aliphatic rings. The van der Waals surface area contributed by atoms with E-state index in [9.17, 15) is 10.1 Å². The first kappa shape index (κ1) is 6.93. The number of halogens is 1. The van der Waals surface area contributed by atoms with E-state index in [-0.39, 0.29) is 10.7 Å². The number of hydrogen-bond donors (Lipinski definition) is 0. The predicted octanol–water partition coefficient (Wildman–Crippen LogP) is 1.64. The van der Waals surface area contributed by atoms with Crippen molar-refractivity contribution in [2.75, 3.05) is 0 Å². The quantitative estimate of drug-likeness (QED) is 0.329. The zero-order valence-electron chi connectivity index (χ0n) is 4.87. The molecule has 0 aromatic carbocycles. The van der Waals surface area contributed by atoms with Crippen molar-refractivity contribution >= 4 is 11.6 Å². The van der Waals surface area contributed by atoms with Crippen LogP contribution in [0, 0.1) is 16.2 Å². The van der Waals surface area contributed by atoms with E-state index in [0.717, 1.165) is 0 Å². The molecule has 0 aromatic heterocycles. The summed E-state index contributed by atoms with van der Waals surface area (Å²) < 4.78 is 0. The van der Waals surface area contributed by atoms with Gasteiger partial charge in [-0.05, 0) is 11.6 Å². The normalized spacial score (nSPS) is 15.3. The van der Waals surface area contributed by atoms with Crippen LogP contribution in [0.25, 0.3) is 0 Å². The van der Waals surface area contributed by atoms with Gasteiger partial charge in [-0.2, -0.15) is 0 Å². The van der Waals surface area contributed by atoms with Gasteiger partial charge in [0, 0.05) is 6.08 Å². The second kappa shape index (κ2) is 2.60. The summed E-state index contributed by atoms with van der Waals surface area (Å²) in [6.07, 6.45) is 6.75. The maximum absolute atomic E-state index is 10.1. The molecule has 0 bridgehead atoms. The summed E-state index contributed by atoms with van der Waals surface area (Å²) in [7, 11) is 0. The van der Waals surface area contributed by atoms with Crippen molar-refractivity contribution < 1.29 is 4.92 Å². The van der Waals surface area contributed by atoms with E-state index in [0.29, 0.717) is 0 Å². The third kappa shape index (κ3) is 1.21. The minimum Gasteiger partial charge on any atom is -0.246 e. The third-order valence-corrected chi connectivity index (χ3v) is 1.31. The molecule has 0 unspecified atom stereocenters. The monoisotopic (exact) mass is 156 g/mol. The molecule has 0 fully saturated rings. The van der Waals surface area contributed by atoms with Gasteiger partial charge in [-0.1, -0.05) is 0 Å². The van der Waals surface area contributed by atoms with Crippen molar-refractivity contribution in [2.45, 2.75) is 0 Å². The van der Waals surface area contributed by atoms with Crippen LogP contribution in [-0.4, -0.2) is 4.92 Å². The lowest BCUT2D eigenvalue weighted by atomic mass is 10.2. The van der Waals surface area contributed by atoms with Crippen molar-refractivity contribution in [1.82, 2.24) is 0 Å². The Kier molecular flexibility index (Phi) is 1.81. The Morgan fingerprint density at radius 2 is 2.40 bits per heavy atom. The molecule has 0 heterocycles. The molecule has 0 N–H and O–H groups in total. The standard InChI is InChI=1S/C6H3ClNO2/c7-5-3-1-2-4-6(5)8(9)10/h1,3-4H/q+1. The highest BCUT2D eigenvalue weighted by Crippen LogP contribution is 2.16. The lowest BCUT2D eigenvalue weighted by Gasteiger charge is -1.85. The van der Waals surface area contributed by atoms with Crippen molar-refractivity contribution in [2.24, 2.45) is 0 Å². The highest BCUT2D eigenvalue weighted by atomic mass is 35.5. The molecule has 0 amide bonds. The minimum atomic E-state index is -0.543. The van der Waals surface area contributed by atoms with E-state index in [1.807, 2.05) is 0 Å². The Morgan fingerprint density at radius 1 is 1.70 bits per heavy atom. The number of rotatable bonds is 1. The molecule has 0 saturated heterocycles. The first-order chi connectivity index (χ1) is 4.72. The molecule has 4 heteroatoms. The van der Waals surface area contributed by atoms with Gasteiger partial charge in [-0.3, -0.25) is 0 Å². The van der Waals surface area contributed by atoms with Gasteiger partial charge in [-0.15, -0.1) is 0 Å². The van der Waals surface area contributed by atoms with E-state index in [4.69, 9.17) is 11.6 Å². The largest absolute Gasteiger partial charge is 0.397 e. The van der Waals surface area contributed by atoms with E-state index in [2.05, 4.69) is 6.08 Å². The molecule has 0 saturated carbocycles. The van der Waals surface area contributed by atoms with Crippen molar-refractivity contribution in [3.8, 4) is 0 Å². The fourth-order valence-corrected chi connectivity index (χ4v) is 0.729. The number of nitrogens with zero attached hydrogens (tertiary/aromatic N) is 1. The van der Waals surface area contributed by atoms with Crippen LogP contribution in [0.15, 0.2) is 29.0 Å². The number of allylic oxidation sites excluding steroid dienone is 5. The molecule has 3 nitrogen and oxygen atoms in total. The summed E-state index contributed by atoms with van der Waals surface area (Å²) in [5.74, 6) is 0. The summed E-state index contributed by atoms with van der Waals surface area (Å²) in [6, 6.07) is 0. The highest BCUT2D eigenvalue weighted by Gasteiger charge is 2.22. The second-order valence-corrected chi connectivity index (χ2v) is 2.04. The molecule has 1 aliphatic carbocycles. The Bertz CT molecular complexity index is 252. The first-order valence-electron chi connectivity index (χ1n) is 2.52. The van der Waals surface area contributed by atoms with Crippen molar-refractivity contribution in [3.63, 3.8) is 0 Å². The van der Waals surface area contributed by atoms with Crippen LogP contribution in [0.2, 0.25) is 0 Å². The van der Waals surface area contributed by atoms with E-state index in [1.54, 1.807) is 0 Å². The molecule has 1 rings (SSSR count). The third-order valence-electron chi connectivity index (χ3n) is 0.987. The van der Waals surface area contributed by atoms with E-state index >= 15 is 0 Å². The van der Waals surface area contributed by atoms with Gasteiger partial charge in [0.05, 0.1) is 6.08 Å². The van der Waals surface area contributed by atoms with Gasteiger partial charge >= 0.3 is 5.70 Å². The zero-order valence-corrected chi connectivity index (χ0v) is 5.63. The Balaban J connectivity index is 3.04. The van der Waals surface area contributed by atoms with Crippen LogP contribution in [0.5, 0.6) is 0 Å². The fourth-order valence-electron chi connectivity index (χ4n) is 0.543. The molecule has 0 spiro atoms. The maximum atomic E-state index is 10.1. The summed E-state index contributed by atoms with van der Waals surface area (Å²) in [4.78, 5) is 9.58. The first-order valence-corrected chi connectivity index (χ1v) is 2.89. The summed E-state index contributed by atoms with van der Waals surface area (Å²) in [5.41, 5.74) is -0.107. The minimum absolute atomic E-state index is 0.107. The van der Waals surface area contributed by atoms with Gasteiger partial charge < -0.3 is 0 Å². The average Bonchev–Trinajstić information content (AvgIpc) is 1.88. The molecule has 0 aromatic rings. The summed E-state index contributed by atoms with van der Waals surface area (Å²) >= 11 is 5.46. The molecular weight excluding hydrogens is 154 g/mol. The van der Waals surface area contributed by atoms with Gasteiger partial charge in [0.25, 0.3) is 0 Å². The van der Waals surface area contributed by atoms with Crippen LogP contribution >= 0.6 is 11.6 Å². The summed E-state index contributed by atoms with van der Waals surface area (Å²) in [6.45, 7) is 0. The van der Waals surface area contributed by atoms with Crippen LogP contribution in [0.1, 0.15) is 0 Å². The molecule has 0 aliphatic heterocycles. The number of nitro groups is 1. The SMILES string of the molecule is O=[N+]([O-])C1=C(Cl)C=C[C+]=C1. The van der Waals surface area contributed by atoms with Gasteiger partial charge in [-0.25, -0.2) is 10.1 Å². The lowest BCUT2D eigenvalue weighted by Crippen LogP contribution is -1.98. The molecule has 0 radical (unpaired) electrons. The van der Waals surface area contributed by atoms with Crippen LogP contribution in [0.4, 0.5) is 0 Å². The lowest BCUT2D eigenvalue weighted by molar-refractivity contribution is -0.419. The van der Waals surface area contributed by atoms with Gasteiger partial charge in [0.1, 0.15) is 11.0 Å². The molecular formula is C6H3ClNO2+. The van der Waals surface area contributed by atoms with Crippen LogP contribution in [0.3, 0.4) is 0 Å². The van der Waals surface area contributed by atoms with Crippen LogP contribution < -0.4 is 0 Å². The molecule has 0 atom stereocenters. The van der Waals surface area contributed by atoms with Crippen LogP contribution in [-0.2, 0) is 0 Å². The van der Waals surface area contributed by atoms with E-state index < -0.39 is 4.92 Å². The Hall–Kier alpha value is -1.18. The second-order valence-electron chi connectivity index (χ2n) is 1.63. The van der Waals surface area contributed by atoms with E-state index in [1.165, 1.54) is 18.2 Å². The average molecular weight is 157 g/mol. The smallest absolute Gasteiger partial charge is 0.246 e. The predicted molar refractivity (Wildman–Crippen MR) is 36.8 cm³/mol. The fraction of sp³-hybridized carbons (Fsp3) is 0. The molecule has 10 heavy (non-hydrogen) atoms. The van der Waals surface area contributed by atoms with Crippen molar-refractivity contribution in [3.05, 3.63) is 45.1 Å². The summed E-state index contributed by atoms with van der Waals surface area (Å²) in [5, 5.41) is 10.3. The number of hydrogen-bond acceptors (Lipinski definition) is 2. The topological polar surface area (TPSA) is 43.1 Å². The molecule has 50 valence electrons. The Morgan fingerprint density at radius 3 is 2.80 bits per heavy atom. The maximum Gasteiger partial charge on any atom is 0.397 e. The Labute approximate surface area is 62.4 Å². The zero-order chi connectivity index (χ0) is 7.56. The van der Waals surface area contributed by atoms with Gasteiger partial charge in [0.15, 0.2) is 6.08 Å². The highest BCUT2D eigenvalue weighted by molar-refractivity contribution is 6.31.